The SMILES string of the molecule is CCOC(=O)c1c(NC(=O)C(C)Oc2ccc(Cl)cc2Cl)sc2c1CCCCC2. The maximum absolute atomic E-state index is 12.8. The van der Waals surface area contributed by atoms with Gasteiger partial charge >= 0.3 is 5.97 Å². The molecule has 1 heterocycles. The lowest BCUT2D eigenvalue weighted by atomic mass is 10.1. The van der Waals surface area contributed by atoms with E-state index in [-0.39, 0.29) is 12.5 Å². The van der Waals surface area contributed by atoms with Crippen LogP contribution in [0, 0.1) is 0 Å². The molecule has 1 aromatic carbocycles. The van der Waals surface area contributed by atoms with E-state index in [2.05, 4.69) is 5.32 Å². The molecule has 3 rings (SSSR count). The Morgan fingerprint density at radius 2 is 1.97 bits per heavy atom. The number of hydrogen-bond acceptors (Lipinski definition) is 5. The van der Waals surface area contributed by atoms with Gasteiger partial charge < -0.3 is 14.8 Å². The summed E-state index contributed by atoms with van der Waals surface area (Å²) >= 11 is 13.5. The van der Waals surface area contributed by atoms with E-state index in [4.69, 9.17) is 32.7 Å². The lowest BCUT2D eigenvalue weighted by Gasteiger charge is -2.16. The molecule has 1 aliphatic rings. The van der Waals surface area contributed by atoms with Crippen molar-refractivity contribution in [1.29, 1.82) is 0 Å². The van der Waals surface area contributed by atoms with Gasteiger partial charge in [0, 0.05) is 9.90 Å². The zero-order valence-corrected chi connectivity index (χ0v) is 18.7. The Bertz CT molecular complexity index is 912. The number of carbonyl (C=O) groups excluding carboxylic acids is 2. The van der Waals surface area contributed by atoms with E-state index in [1.807, 2.05) is 0 Å². The second kappa shape index (κ2) is 9.83. The lowest BCUT2D eigenvalue weighted by Crippen LogP contribution is -2.30. The standard InChI is InChI=1S/C21H23Cl2NO4S/c1-3-27-21(26)18-14-7-5-4-6-8-17(14)29-20(18)24-19(25)12(2)28-16-10-9-13(22)11-15(16)23/h9-12H,3-8H2,1-2H3,(H,24,25). The first-order valence-corrected chi connectivity index (χ1v) is 11.2. The number of hydrogen-bond donors (Lipinski definition) is 1. The van der Waals surface area contributed by atoms with Crippen molar-refractivity contribution in [2.45, 2.75) is 52.1 Å². The molecule has 0 saturated heterocycles. The van der Waals surface area contributed by atoms with Gasteiger partial charge in [0.15, 0.2) is 6.10 Å². The fourth-order valence-electron chi connectivity index (χ4n) is 3.28. The minimum Gasteiger partial charge on any atom is -0.479 e. The summed E-state index contributed by atoms with van der Waals surface area (Å²) in [5, 5.41) is 4.20. The first kappa shape index (κ1) is 21.9. The zero-order chi connectivity index (χ0) is 21.0. The van der Waals surface area contributed by atoms with Crippen molar-refractivity contribution < 1.29 is 19.1 Å². The summed E-state index contributed by atoms with van der Waals surface area (Å²) in [5.41, 5.74) is 1.49. The van der Waals surface area contributed by atoms with Crippen LogP contribution in [0.15, 0.2) is 18.2 Å². The monoisotopic (exact) mass is 455 g/mol. The van der Waals surface area contributed by atoms with Crippen LogP contribution in [0.3, 0.4) is 0 Å². The van der Waals surface area contributed by atoms with Crippen LogP contribution in [-0.2, 0) is 22.4 Å². The molecule has 29 heavy (non-hydrogen) atoms. The number of benzene rings is 1. The van der Waals surface area contributed by atoms with Gasteiger partial charge in [0.1, 0.15) is 10.8 Å². The maximum Gasteiger partial charge on any atom is 0.341 e. The highest BCUT2D eigenvalue weighted by Gasteiger charge is 2.28. The first-order chi connectivity index (χ1) is 13.9. The minimum absolute atomic E-state index is 0.283. The van der Waals surface area contributed by atoms with Crippen molar-refractivity contribution in [3.8, 4) is 5.75 Å². The summed E-state index contributed by atoms with van der Waals surface area (Å²) in [5.74, 6) is -0.388. The van der Waals surface area contributed by atoms with Gasteiger partial charge in [0.2, 0.25) is 0 Å². The third-order valence-electron chi connectivity index (χ3n) is 4.70. The summed E-state index contributed by atoms with van der Waals surface area (Å²) in [6.45, 7) is 3.68. The fraction of sp³-hybridized carbons (Fsp3) is 0.429. The van der Waals surface area contributed by atoms with Gasteiger partial charge in [-0.25, -0.2) is 4.79 Å². The fourth-order valence-corrected chi connectivity index (χ4v) is 5.01. The Kier molecular flexibility index (Phi) is 7.44. The summed E-state index contributed by atoms with van der Waals surface area (Å²) in [6, 6.07) is 4.81. The van der Waals surface area contributed by atoms with Crippen LogP contribution in [0.1, 0.15) is 53.9 Å². The molecule has 156 valence electrons. The number of nitrogens with one attached hydrogen (secondary N) is 1. The quantitative estimate of drug-likeness (QED) is 0.434. The number of anilines is 1. The van der Waals surface area contributed by atoms with Crippen LogP contribution in [0.2, 0.25) is 10.0 Å². The van der Waals surface area contributed by atoms with Gasteiger partial charge in [-0.3, -0.25) is 4.79 Å². The largest absolute Gasteiger partial charge is 0.479 e. The van der Waals surface area contributed by atoms with Crippen LogP contribution in [0.5, 0.6) is 5.75 Å². The molecular weight excluding hydrogens is 433 g/mol. The number of carbonyl (C=O) groups is 2. The number of ether oxygens (including phenoxy) is 2. The molecule has 1 aromatic heterocycles. The predicted molar refractivity (Wildman–Crippen MR) is 117 cm³/mol. The van der Waals surface area contributed by atoms with Gasteiger partial charge in [-0.15, -0.1) is 11.3 Å². The lowest BCUT2D eigenvalue weighted by molar-refractivity contribution is -0.122. The van der Waals surface area contributed by atoms with E-state index < -0.39 is 12.1 Å². The van der Waals surface area contributed by atoms with Gasteiger partial charge in [-0.2, -0.15) is 0 Å². The van der Waals surface area contributed by atoms with E-state index in [1.165, 1.54) is 11.3 Å². The van der Waals surface area contributed by atoms with Crippen LogP contribution >= 0.6 is 34.5 Å². The van der Waals surface area contributed by atoms with Crippen molar-refractivity contribution >= 4 is 51.4 Å². The summed E-state index contributed by atoms with van der Waals surface area (Å²) in [7, 11) is 0. The number of thiophene rings is 1. The Morgan fingerprint density at radius 3 is 2.69 bits per heavy atom. The van der Waals surface area contributed by atoms with Crippen LogP contribution < -0.4 is 10.1 Å². The van der Waals surface area contributed by atoms with E-state index in [9.17, 15) is 9.59 Å². The van der Waals surface area contributed by atoms with Crippen LogP contribution in [-0.4, -0.2) is 24.6 Å². The Labute approximate surface area is 184 Å². The highest BCUT2D eigenvalue weighted by Crippen LogP contribution is 2.38. The van der Waals surface area contributed by atoms with Crippen LogP contribution in [0.4, 0.5) is 5.00 Å². The van der Waals surface area contributed by atoms with E-state index >= 15 is 0 Å². The van der Waals surface area contributed by atoms with Gasteiger partial charge in [-0.05, 0) is 63.3 Å². The third kappa shape index (κ3) is 5.24. The second-order valence-corrected chi connectivity index (χ2v) is 8.76. The molecule has 0 spiro atoms. The number of esters is 1. The van der Waals surface area contributed by atoms with Gasteiger partial charge in [-0.1, -0.05) is 29.6 Å². The molecular formula is C21H23Cl2NO4S. The molecule has 1 atom stereocenters. The summed E-state index contributed by atoms with van der Waals surface area (Å²) < 4.78 is 10.9. The van der Waals surface area contributed by atoms with Crippen molar-refractivity contribution in [2.24, 2.45) is 0 Å². The topological polar surface area (TPSA) is 64.6 Å². The van der Waals surface area contributed by atoms with Crippen molar-refractivity contribution in [1.82, 2.24) is 0 Å². The molecule has 0 aliphatic heterocycles. The van der Waals surface area contributed by atoms with Crippen molar-refractivity contribution in [3.63, 3.8) is 0 Å². The van der Waals surface area contributed by atoms with Gasteiger partial charge in [0.25, 0.3) is 5.91 Å². The highest BCUT2D eigenvalue weighted by atomic mass is 35.5. The summed E-state index contributed by atoms with van der Waals surface area (Å²) in [6.07, 6.45) is 4.16. The molecule has 2 aromatic rings. The number of fused-ring (bicyclic) bond motifs is 1. The van der Waals surface area contributed by atoms with E-state index in [0.717, 1.165) is 42.5 Å². The smallest absolute Gasteiger partial charge is 0.341 e. The molecule has 1 N–H and O–H groups in total. The Morgan fingerprint density at radius 1 is 1.21 bits per heavy atom. The van der Waals surface area contributed by atoms with Crippen molar-refractivity contribution in [2.75, 3.05) is 11.9 Å². The average Bonchev–Trinajstić information content (AvgIpc) is 2.84. The molecule has 0 bridgehead atoms. The van der Waals surface area contributed by atoms with Crippen LogP contribution in [0.25, 0.3) is 0 Å². The zero-order valence-electron chi connectivity index (χ0n) is 16.3. The molecule has 1 amide bonds. The van der Waals surface area contributed by atoms with Gasteiger partial charge in [0.05, 0.1) is 17.2 Å². The van der Waals surface area contributed by atoms with E-state index in [0.29, 0.717) is 26.4 Å². The highest BCUT2D eigenvalue weighted by molar-refractivity contribution is 7.17. The van der Waals surface area contributed by atoms with Crippen molar-refractivity contribution in [3.05, 3.63) is 44.2 Å². The molecule has 5 nitrogen and oxygen atoms in total. The predicted octanol–water partition coefficient (Wildman–Crippen LogP) is 5.91. The Balaban J connectivity index is 1.80. The number of amides is 1. The minimum atomic E-state index is -0.814. The third-order valence-corrected chi connectivity index (χ3v) is 6.44. The number of rotatable bonds is 6. The summed E-state index contributed by atoms with van der Waals surface area (Å²) in [4.78, 5) is 26.5. The molecule has 0 saturated carbocycles. The number of halogens is 2. The Hall–Kier alpha value is -1.76. The van der Waals surface area contributed by atoms with E-state index in [1.54, 1.807) is 32.0 Å². The molecule has 1 unspecified atom stereocenters. The molecule has 0 radical (unpaired) electrons. The molecule has 8 heteroatoms. The average molecular weight is 456 g/mol. The molecule has 0 fully saturated rings. The molecule has 1 aliphatic carbocycles. The second-order valence-electron chi connectivity index (χ2n) is 6.81. The maximum atomic E-state index is 12.8. The normalized spacial score (nSPS) is 14.5. The number of aryl methyl sites for hydroxylation is 1. The first-order valence-electron chi connectivity index (χ1n) is 9.65.